The van der Waals surface area contributed by atoms with Crippen LogP contribution < -0.4 is 0 Å². The van der Waals surface area contributed by atoms with Gasteiger partial charge < -0.3 is 5.11 Å². The molecule has 0 aromatic carbocycles. The topological polar surface area (TPSA) is 37.3 Å². The molecule has 0 aromatic rings. The van der Waals surface area contributed by atoms with Crippen LogP contribution in [-0.4, -0.2) is 17.0 Å². The molecule has 9 atom stereocenters. The highest BCUT2D eigenvalue weighted by Gasteiger charge is 2.71. The molecule has 0 spiro atoms. The van der Waals surface area contributed by atoms with E-state index in [2.05, 4.69) is 55.4 Å². The molecule has 0 radical (unpaired) electrons. The van der Waals surface area contributed by atoms with Crippen LogP contribution in [0.4, 0.5) is 0 Å². The number of hydrogen-bond donors (Lipinski definition) is 1. The Hall–Kier alpha value is -0.370. The van der Waals surface area contributed by atoms with Crippen molar-refractivity contribution in [3.8, 4) is 0 Å². The zero-order valence-electron chi connectivity index (χ0n) is 22.3. The van der Waals surface area contributed by atoms with Gasteiger partial charge in [0.15, 0.2) is 0 Å². The van der Waals surface area contributed by atoms with Crippen LogP contribution in [0.25, 0.3) is 0 Å². The van der Waals surface area contributed by atoms with Gasteiger partial charge in [-0.1, -0.05) is 55.4 Å². The van der Waals surface area contributed by atoms with E-state index in [4.69, 9.17) is 0 Å². The molecule has 0 bridgehead atoms. The van der Waals surface area contributed by atoms with Gasteiger partial charge in [0.25, 0.3) is 0 Å². The van der Waals surface area contributed by atoms with E-state index in [1.807, 2.05) is 0 Å². The van der Waals surface area contributed by atoms with E-state index in [1.165, 1.54) is 44.9 Å². The molecule has 5 rings (SSSR count). The van der Waals surface area contributed by atoms with Crippen LogP contribution >= 0.6 is 0 Å². The highest BCUT2D eigenvalue weighted by atomic mass is 16.3. The lowest BCUT2D eigenvalue weighted by atomic mass is 9.31. The first-order chi connectivity index (χ1) is 14.6. The maximum absolute atomic E-state index is 12.9. The molecule has 5 aliphatic carbocycles. The zero-order chi connectivity index (χ0) is 23.5. The molecule has 0 unspecified atom stereocenters. The molecular formula is C30H50O2. The molecule has 0 saturated heterocycles. The fourth-order valence-corrected chi connectivity index (χ4v) is 11.5. The quantitative estimate of drug-likeness (QED) is 0.423. The summed E-state index contributed by atoms with van der Waals surface area (Å²) in [5.41, 5.74) is 1.17. The van der Waals surface area contributed by atoms with Crippen LogP contribution in [0.1, 0.15) is 120 Å². The second kappa shape index (κ2) is 6.64. The standard InChI is InChI=1S/C30H50O2/c1-25(2)17-18-27(5)19(24(25)32)11-15-29(7)21(27)9-10-22-28(6)14-13-23(31)26(3,4)20(28)12-16-30(22,29)8/h19-22,24,32H,9-18H2,1-8H3/t19-,20+,21+,22+,24-,27-,28+,29+,30+/m1/s1. The molecular weight excluding hydrogens is 392 g/mol. The van der Waals surface area contributed by atoms with Crippen molar-refractivity contribution in [2.45, 2.75) is 126 Å². The predicted molar refractivity (Wildman–Crippen MR) is 131 cm³/mol. The second-order valence-corrected chi connectivity index (χ2v) is 15.3. The summed E-state index contributed by atoms with van der Waals surface area (Å²) in [4.78, 5) is 12.9. The molecule has 182 valence electrons. The lowest BCUT2D eigenvalue weighted by Crippen LogP contribution is -2.68. The van der Waals surface area contributed by atoms with Crippen LogP contribution in [0.3, 0.4) is 0 Å². The van der Waals surface area contributed by atoms with E-state index in [-0.39, 0.29) is 22.3 Å². The molecule has 5 saturated carbocycles. The van der Waals surface area contributed by atoms with Crippen molar-refractivity contribution in [1.82, 2.24) is 0 Å². The second-order valence-electron chi connectivity index (χ2n) is 15.3. The first-order valence-corrected chi connectivity index (χ1v) is 13.9. The van der Waals surface area contributed by atoms with Gasteiger partial charge in [-0.25, -0.2) is 0 Å². The molecule has 1 N–H and O–H groups in total. The van der Waals surface area contributed by atoms with E-state index in [0.29, 0.717) is 33.9 Å². The lowest BCUT2D eigenvalue weighted by molar-refractivity contribution is -0.260. The van der Waals surface area contributed by atoms with Crippen LogP contribution in [-0.2, 0) is 4.79 Å². The van der Waals surface area contributed by atoms with E-state index in [0.717, 1.165) is 31.1 Å². The Morgan fingerprint density at radius 3 is 1.84 bits per heavy atom. The van der Waals surface area contributed by atoms with Crippen LogP contribution in [0.5, 0.6) is 0 Å². The Labute approximate surface area is 197 Å². The third-order valence-electron chi connectivity index (χ3n) is 13.7. The third kappa shape index (κ3) is 2.60. The minimum Gasteiger partial charge on any atom is -0.392 e. The Morgan fingerprint density at radius 2 is 1.22 bits per heavy atom. The minimum atomic E-state index is -0.158. The summed E-state index contributed by atoms with van der Waals surface area (Å²) in [6.45, 7) is 19.6. The molecule has 2 heteroatoms. The summed E-state index contributed by atoms with van der Waals surface area (Å²) in [5.74, 6) is 2.96. The fourth-order valence-electron chi connectivity index (χ4n) is 11.5. The number of carbonyl (C=O) groups is 1. The number of carbonyl (C=O) groups excluding carboxylic acids is 1. The number of Topliss-reactive ketones (excluding diaryl/α,β-unsaturated/α-hetero) is 1. The summed E-state index contributed by atoms with van der Waals surface area (Å²) in [5, 5.41) is 11.4. The number of aliphatic hydroxyl groups is 1. The normalized spacial score (nSPS) is 56.4. The number of fused-ring (bicyclic) bond motifs is 7. The van der Waals surface area contributed by atoms with Gasteiger partial charge in [0, 0.05) is 11.8 Å². The van der Waals surface area contributed by atoms with Crippen molar-refractivity contribution < 1.29 is 9.90 Å². The van der Waals surface area contributed by atoms with Gasteiger partial charge in [-0.05, 0) is 109 Å². The van der Waals surface area contributed by atoms with E-state index in [1.54, 1.807) is 0 Å². The van der Waals surface area contributed by atoms with Crippen LogP contribution in [0, 0.1) is 56.2 Å². The summed E-state index contributed by atoms with van der Waals surface area (Å²) in [7, 11) is 0. The van der Waals surface area contributed by atoms with E-state index in [9.17, 15) is 9.90 Å². The molecule has 5 aliphatic rings. The Morgan fingerprint density at radius 1 is 0.656 bits per heavy atom. The average Bonchev–Trinajstić information content (AvgIpc) is 2.69. The van der Waals surface area contributed by atoms with Gasteiger partial charge >= 0.3 is 0 Å². The Balaban J connectivity index is 1.53. The van der Waals surface area contributed by atoms with Gasteiger partial charge in [0.2, 0.25) is 0 Å². The molecule has 0 aliphatic heterocycles. The van der Waals surface area contributed by atoms with Crippen molar-refractivity contribution >= 4 is 5.78 Å². The van der Waals surface area contributed by atoms with Crippen molar-refractivity contribution in [1.29, 1.82) is 0 Å². The monoisotopic (exact) mass is 442 g/mol. The number of hydrogen-bond acceptors (Lipinski definition) is 2. The van der Waals surface area contributed by atoms with Gasteiger partial charge in [0.05, 0.1) is 6.10 Å². The van der Waals surface area contributed by atoms with Gasteiger partial charge in [-0.15, -0.1) is 0 Å². The number of aliphatic hydroxyl groups excluding tert-OH is 1. The highest BCUT2D eigenvalue weighted by molar-refractivity contribution is 5.85. The summed E-state index contributed by atoms with van der Waals surface area (Å²) < 4.78 is 0. The Kier molecular flexibility index (Phi) is 4.85. The van der Waals surface area contributed by atoms with Gasteiger partial charge in [-0.3, -0.25) is 4.79 Å². The molecule has 0 aromatic heterocycles. The van der Waals surface area contributed by atoms with Crippen molar-refractivity contribution in [3.63, 3.8) is 0 Å². The van der Waals surface area contributed by atoms with Crippen molar-refractivity contribution in [2.75, 3.05) is 0 Å². The molecule has 5 fully saturated rings. The van der Waals surface area contributed by atoms with Crippen molar-refractivity contribution in [2.24, 2.45) is 56.2 Å². The van der Waals surface area contributed by atoms with E-state index >= 15 is 0 Å². The third-order valence-corrected chi connectivity index (χ3v) is 13.7. The fraction of sp³-hybridized carbons (Fsp3) is 0.967. The lowest BCUT2D eigenvalue weighted by Gasteiger charge is -2.74. The van der Waals surface area contributed by atoms with Gasteiger partial charge in [-0.2, -0.15) is 0 Å². The first-order valence-electron chi connectivity index (χ1n) is 13.9. The summed E-state index contributed by atoms with van der Waals surface area (Å²) in [6.07, 6.45) is 11.8. The Bertz CT molecular complexity index is 812. The smallest absolute Gasteiger partial charge is 0.138 e. The largest absolute Gasteiger partial charge is 0.392 e. The van der Waals surface area contributed by atoms with Crippen molar-refractivity contribution in [3.05, 3.63) is 0 Å². The SMILES string of the molecule is CC1(C)CC[C@]2(C)[C@H](CC[C@@]3(C)[C@H]2CC[C@H]2[C@@]4(C)CCC(=O)C(C)(C)[C@@H]4CC[C@@]23C)[C@H]1O. The predicted octanol–water partition coefficient (Wildman–Crippen LogP) is 7.43. The van der Waals surface area contributed by atoms with Crippen LogP contribution in [0.2, 0.25) is 0 Å². The maximum atomic E-state index is 12.9. The maximum Gasteiger partial charge on any atom is 0.138 e. The molecule has 2 nitrogen and oxygen atoms in total. The summed E-state index contributed by atoms with van der Waals surface area (Å²) in [6, 6.07) is 0. The number of rotatable bonds is 0. The summed E-state index contributed by atoms with van der Waals surface area (Å²) >= 11 is 0. The highest BCUT2D eigenvalue weighted by Crippen LogP contribution is 2.77. The van der Waals surface area contributed by atoms with Gasteiger partial charge in [0.1, 0.15) is 5.78 Å². The van der Waals surface area contributed by atoms with E-state index < -0.39 is 0 Å². The molecule has 0 amide bonds. The molecule has 32 heavy (non-hydrogen) atoms. The molecule has 0 heterocycles. The first kappa shape index (κ1) is 23.4. The zero-order valence-corrected chi connectivity index (χ0v) is 22.3. The average molecular weight is 443 g/mol. The minimum absolute atomic E-state index is 0.0603. The number of ketones is 1. The van der Waals surface area contributed by atoms with Crippen LogP contribution in [0.15, 0.2) is 0 Å².